The Morgan fingerprint density at radius 1 is 1.10 bits per heavy atom. The summed E-state index contributed by atoms with van der Waals surface area (Å²) in [6.45, 7) is 6.96. The Bertz CT molecular complexity index is 2200. The summed E-state index contributed by atoms with van der Waals surface area (Å²) in [4.78, 5) is 38.9. The summed E-state index contributed by atoms with van der Waals surface area (Å²) in [7, 11) is 3.91. The fraction of sp³-hybridized carbons (Fsp3) is 0.324. The van der Waals surface area contributed by atoms with E-state index >= 15 is 0 Å². The molecule has 2 aliphatic heterocycles. The maximum absolute atomic E-state index is 13.4. The summed E-state index contributed by atoms with van der Waals surface area (Å²) >= 11 is 6.97. The van der Waals surface area contributed by atoms with Gasteiger partial charge in [-0.15, -0.1) is 0 Å². The maximum Gasteiger partial charge on any atom is 0.310 e. The molecule has 0 aliphatic carbocycles. The van der Waals surface area contributed by atoms with Gasteiger partial charge in [-0.2, -0.15) is 5.26 Å². The molecule has 2 aliphatic rings. The number of fused-ring (bicyclic) bond motifs is 2. The minimum absolute atomic E-state index is 0.330. The van der Waals surface area contributed by atoms with Crippen LogP contribution >= 0.6 is 11.6 Å². The lowest BCUT2D eigenvalue weighted by Crippen LogP contribution is -2.31. The number of likely N-dealkylation sites (tertiary alicyclic amines) is 1. The molecule has 250 valence electrons. The van der Waals surface area contributed by atoms with Crippen LogP contribution in [0.5, 0.6) is 0 Å². The third-order valence-electron chi connectivity index (χ3n) is 9.90. The van der Waals surface area contributed by atoms with Crippen LogP contribution < -0.4 is 5.32 Å². The van der Waals surface area contributed by atoms with Crippen LogP contribution in [0.3, 0.4) is 0 Å². The number of likely N-dealkylation sites (N-methyl/N-ethyl adjacent to an activating group) is 1. The minimum atomic E-state index is -0.796. The van der Waals surface area contributed by atoms with Crippen LogP contribution in [-0.2, 0) is 31.4 Å². The number of nitrogens with one attached hydrogen (secondary N) is 1. The van der Waals surface area contributed by atoms with Crippen molar-refractivity contribution in [2.75, 3.05) is 32.0 Å². The topological polar surface area (TPSA) is 141 Å². The van der Waals surface area contributed by atoms with Crippen molar-refractivity contribution >= 4 is 40.3 Å². The van der Waals surface area contributed by atoms with Gasteiger partial charge in [-0.25, -0.2) is 9.97 Å². The fourth-order valence-electron chi connectivity index (χ4n) is 7.04. The minimum Gasteiger partial charge on any atom is -0.481 e. The van der Waals surface area contributed by atoms with E-state index in [9.17, 15) is 20.0 Å². The van der Waals surface area contributed by atoms with E-state index in [1.165, 1.54) is 0 Å². The lowest BCUT2D eigenvalue weighted by atomic mass is 9.90. The first kappa shape index (κ1) is 32.5. The highest BCUT2D eigenvalue weighted by Gasteiger charge is 2.40. The zero-order chi connectivity index (χ0) is 34.6. The summed E-state index contributed by atoms with van der Waals surface area (Å²) in [6.07, 6.45) is 1.41. The van der Waals surface area contributed by atoms with Crippen molar-refractivity contribution in [1.29, 1.82) is 5.26 Å². The largest absolute Gasteiger partial charge is 0.481 e. The van der Waals surface area contributed by atoms with Crippen LogP contribution in [0.4, 0.5) is 5.69 Å². The molecule has 49 heavy (non-hydrogen) atoms. The van der Waals surface area contributed by atoms with Crippen LogP contribution in [0, 0.1) is 23.7 Å². The molecule has 0 saturated carbocycles. The number of benzene rings is 3. The van der Waals surface area contributed by atoms with E-state index in [-0.39, 0.29) is 5.91 Å². The Morgan fingerprint density at radius 2 is 1.86 bits per heavy atom. The Balaban J connectivity index is 1.17. The number of nitriles is 1. The van der Waals surface area contributed by atoms with E-state index < -0.39 is 11.4 Å². The van der Waals surface area contributed by atoms with E-state index in [0.29, 0.717) is 71.7 Å². The number of carbonyl (C=O) groups excluding carboxylic acids is 1. The molecule has 7 rings (SSSR count). The summed E-state index contributed by atoms with van der Waals surface area (Å²) in [5, 5.41) is 23.0. The van der Waals surface area contributed by atoms with Crippen LogP contribution in [0.15, 0.2) is 52.9 Å². The van der Waals surface area contributed by atoms with Gasteiger partial charge in [0.25, 0.3) is 5.91 Å². The Labute approximate surface area is 288 Å². The number of carboxylic acid groups (broad SMARTS) is 1. The smallest absolute Gasteiger partial charge is 0.310 e. The molecule has 0 unspecified atom stereocenters. The number of hydrogen-bond donors (Lipinski definition) is 2. The SMILES string of the molecule is Cc1c(-c2nc3cc(CN4CC[C@@](C)(C(=O)O)C4)cc(C#N)c3o2)cccc1-c1cccc(NC(=O)c2nc3c(n2C)CCN(C)C3)c1Cl. The Hall–Kier alpha value is -5.02. The van der Waals surface area contributed by atoms with Gasteiger partial charge in [0, 0.05) is 56.5 Å². The molecule has 0 spiro atoms. The predicted octanol–water partition coefficient (Wildman–Crippen LogP) is 6.27. The Morgan fingerprint density at radius 3 is 2.61 bits per heavy atom. The molecular formula is C37H36ClN7O4. The van der Waals surface area contributed by atoms with Crippen molar-refractivity contribution in [3.63, 3.8) is 0 Å². The van der Waals surface area contributed by atoms with Crippen LogP contribution in [-0.4, -0.2) is 68.0 Å². The third-order valence-corrected chi connectivity index (χ3v) is 10.3. The normalized spacial score (nSPS) is 18.0. The molecule has 0 radical (unpaired) electrons. The number of hydrogen-bond acceptors (Lipinski definition) is 8. The van der Waals surface area contributed by atoms with Gasteiger partial charge in [-0.05, 0) is 74.8 Å². The van der Waals surface area contributed by atoms with Gasteiger partial charge in [-0.1, -0.05) is 35.9 Å². The summed E-state index contributed by atoms with van der Waals surface area (Å²) in [5.41, 5.74) is 7.05. The second-order valence-corrected chi connectivity index (χ2v) is 13.8. The van der Waals surface area contributed by atoms with Gasteiger partial charge in [0.15, 0.2) is 11.4 Å². The average molecular weight is 678 g/mol. The highest BCUT2D eigenvalue weighted by molar-refractivity contribution is 6.36. The number of nitrogens with zero attached hydrogens (tertiary/aromatic N) is 6. The molecule has 2 aromatic heterocycles. The molecule has 11 nitrogen and oxygen atoms in total. The molecule has 1 fully saturated rings. The highest BCUT2D eigenvalue weighted by atomic mass is 35.5. The Kier molecular flexibility index (Phi) is 8.27. The average Bonchev–Trinajstić information content (AvgIpc) is 3.77. The summed E-state index contributed by atoms with van der Waals surface area (Å²) < 4.78 is 8.08. The zero-order valence-electron chi connectivity index (χ0n) is 27.8. The van der Waals surface area contributed by atoms with Crippen LogP contribution in [0.2, 0.25) is 5.02 Å². The van der Waals surface area contributed by atoms with Crippen LogP contribution in [0.25, 0.3) is 33.7 Å². The maximum atomic E-state index is 13.4. The number of aliphatic carboxylic acids is 1. The molecule has 4 heterocycles. The summed E-state index contributed by atoms with van der Waals surface area (Å²) in [6, 6.07) is 17.2. The van der Waals surface area contributed by atoms with E-state index in [0.717, 1.165) is 52.2 Å². The van der Waals surface area contributed by atoms with Crippen molar-refractivity contribution in [3.05, 3.63) is 87.5 Å². The monoisotopic (exact) mass is 677 g/mol. The lowest BCUT2D eigenvalue weighted by molar-refractivity contribution is -0.147. The molecule has 5 aromatic rings. The van der Waals surface area contributed by atoms with Gasteiger partial charge in [-0.3, -0.25) is 14.5 Å². The van der Waals surface area contributed by atoms with Gasteiger partial charge in [0.05, 0.1) is 27.4 Å². The first-order chi connectivity index (χ1) is 23.5. The second-order valence-electron chi connectivity index (χ2n) is 13.4. The quantitative estimate of drug-likeness (QED) is 0.204. The van der Waals surface area contributed by atoms with Crippen molar-refractivity contribution in [1.82, 2.24) is 24.3 Å². The van der Waals surface area contributed by atoms with E-state index in [1.54, 1.807) is 19.1 Å². The molecule has 1 atom stereocenters. The number of carbonyl (C=O) groups is 2. The number of oxazole rings is 1. The number of halogens is 1. The molecule has 3 aromatic carbocycles. The number of rotatable bonds is 7. The third kappa shape index (κ3) is 5.86. The van der Waals surface area contributed by atoms with Crippen molar-refractivity contribution in [3.8, 4) is 28.7 Å². The molecule has 1 amide bonds. The number of amides is 1. The summed E-state index contributed by atoms with van der Waals surface area (Å²) in [5.74, 6) is -0.415. The fourth-order valence-corrected chi connectivity index (χ4v) is 7.32. The van der Waals surface area contributed by atoms with Crippen molar-refractivity contribution < 1.29 is 19.1 Å². The molecule has 0 bridgehead atoms. The number of imidazole rings is 1. The lowest BCUT2D eigenvalue weighted by Gasteiger charge is -2.21. The predicted molar refractivity (Wildman–Crippen MR) is 186 cm³/mol. The van der Waals surface area contributed by atoms with Crippen molar-refractivity contribution in [2.45, 2.75) is 39.8 Å². The van der Waals surface area contributed by atoms with Gasteiger partial charge < -0.3 is 24.3 Å². The van der Waals surface area contributed by atoms with Crippen molar-refractivity contribution in [2.24, 2.45) is 12.5 Å². The molecular weight excluding hydrogens is 642 g/mol. The van der Waals surface area contributed by atoms with Gasteiger partial charge >= 0.3 is 5.97 Å². The first-order valence-corrected chi connectivity index (χ1v) is 16.6. The van der Waals surface area contributed by atoms with Crippen LogP contribution in [0.1, 0.15) is 52.0 Å². The van der Waals surface area contributed by atoms with E-state index in [4.69, 9.17) is 21.0 Å². The van der Waals surface area contributed by atoms with Gasteiger partial charge in [0.2, 0.25) is 5.89 Å². The molecule has 2 N–H and O–H groups in total. The zero-order valence-corrected chi connectivity index (χ0v) is 28.6. The molecule has 1 saturated heterocycles. The standard InChI is InChI=1S/C37H36ClN7O4/c1-21-24(26-9-6-10-27(31(26)38)41-34(46)33-40-29-19-43(3)13-11-30(29)44(33)4)7-5-8-25(21)35-42-28-16-22(15-23(17-39)32(28)49-35)18-45-14-12-37(2,20-45)36(47)48/h5-10,15-16H,11-14,18-20H2,1-4H3,(H,41,46)(H,47,48)/t37-/m1/s1. The highest BCUT2D eigenvalue weighted by Crippen LogP contribution is 2.39. The molecule has 12 heteroatoms. The first-order valence-electron chi connectivity index (χ1n) is 16.2. The number of anilines is 1. The van der Waals surface area contributed by atoms with E-state index in [2.05, 4.69) is 26.2 Å². The number of aromatic nitrogens is 3. The number of carboxylic acids is 1. The second kappa shape index (κ2) is 12.5. The van der Waals surface area contributed by atoms with Gasteiger partial charge in [0.1, 0.15) is 11.6 Å². The van der Waals surface area contributed by atoms with E-state index in [1.807, 2.05) is 62.0 Å².